The first-order chi connectivity index (χ1) is 24.6. The molecular weight excluding hydrogens is 667 g/mol. The Labute approximate surface area is 292 Å². The van der Waals surface area contributed by atoms with Crippen LogP contribution in [0.3, 0.4) is 0 Å². The number of anilines is 1. The fourth-order valence-corrected chi connectivity index (χ4v) is 6.21. The average Bonchev–Trinajstić information content (AvgIpc) is 3.15. The molecule has 0 aliphatic carbocycles. The maximum Gasteiger partial charge on any atom is 0.261 e. The highest BCUT2D eigenvalue weighted by Crippen LogP contribution is 2.42. The highest BCUT2D eigenvalue weighted by Gasteiger charge is 2.39. The van der Waals surface area contributed by atoms with Crippen molar-refractivity contribution < 1.29 is 41.3 Å². The van der Waals surface area contributed by atoms with Crippen LogP contribution in [0.15, 0.2) is 109 Å². The summed E-state index contributed by atoms with van der Waals surface area (Å²) in [6.07, 6.45) is -1.83. The van der Waals surface area contributed by atoms with E-state index in [9.17, 15) is 31.9 Å². The number of amides is 1. The molecule has 5 aromatic carbocycles. The lowest BCUT2D eigenvalue weighted by molar-refractivity contribution is -0.276. The van der Waals surface area contributed by atoms with Gasteiger partial charge >= 0.3 is 0 Å². The molecule has 0 unspecified atom stereocenters. The number of nitrogens with one attached hydrogen (secondary N) is 1. The van der Waals surface area contributed by atoms with Crippen LogP contribution in [0, 0.1) is 35.0 Å². The number of benzene rings is 5. The van der Waals surface area contributed by atoms with Gasteiger partial charge in [0.15, 0.2) is 29.6 Å². The highest BCUT2D eigenvalue weighted by molar-refractivity contribution is 6.04. The number of aliphatic hydroxyl groups excluding tert-OH is 1. The van der Waals surface area contributed by atoms with Crippen LogP contribution in [-0.2, 0) is 29.2 Å². The summed E-state index contributed by atoms with van der Waals surface area (Å²) in [6.45, 7) is 3.71. The third-order valence-corrected chi connectivity index (χ3v) is 8.91. The summed E-state index contributed by atoms with van der Waals surface area (Å²) in [4.78, 5) is 15.1. The minimum Gasteiger partial charge on any atom is -0.392 e. The van der Waals surface area contributed by atoms with Gasteiger partial charge in [0.25, 0.3) is 5.91 Å². The summed E-state index contributed by atoms with van der Waals surface area (Å²) >= 11 is 0. The number of hydrogen-bond donors (Lipinski definition) is 2. The summed E-state index contributed by atoms with van der Waals surface area (Å²) in [7, 11) is 0. The van der Waals surface area contributed by atoms with E-state index in [0.29, 0.717) is 25.2 Å². The van der Waals surface area contributed by atoms with E-state index >= 15 is 0 Å². The minimum absolute atomic E-state index is 0.0162. The molecule has 5 aromatic rings. The number of nitrogens with zero attached hydrogens (tertiary/aromatic N) is 1. The number of hydrogen-bond acceptors (Lipinski definition) is 5. The smallest absolute Gasteiger partial charge is 0.261 e. The monoisotopic (exact) mass is 702 g/mol. The molecule has 264 valence electrons. The summed E-state index contributed by atoms with van der Waals surface area (Å²) in [5, 5.41) is 11.9. The first kappa shape index (κ1) is 35.9. The SMILES string of the molecule is C[C@H]1[C@@H](CN(Cc2ccccc2)Cc2ccccc2)O[C@@H](c2cccc(NC(=O)c3c(F)c(F)c(F)c(F)c3F)c2)O[C@H]1c1ccc(CO)cc1. The van der Waals surface area contributed by atoms with E-state index in [1.165, 1.54) is 12.1 Å². The molecule has 2 N–H and O–H groups in total. The molecule has 1 aliphatic heterocycles. The molecule has 1 aliphatic rings. The van der Waals surface area contributed by atoms with E-state index in [4.69, 9.17) is 9.47 Å². The van der Waals surface area contributed by atoms with Gasteiger partial charge in [0, 0.05) is 36.8 Å². The maximum absolute atomic E-state index is 14.4. The fourth-order valence-electron chi connectivity index (χ4n) is 6.21. The largest absolute Gasteiger partial charge is 0.392 e. The zero-order chi connectivity index (χ0) is 36.1. The summed E-state index contributed by atoms with van der Waals surface area (Å²) in [5.74, 6) is -12.9. The van der Waals surface area contributed by atoms with Crippen LogP contribution in [0.5, 0.6) is 0 Å². The zero-order valence-electron chi connectivity index (χ0n) is 27.5. The highest BCUT2D eigenvalue weighted by atomic mass is 19.2. The maximum atomic E-state index is 14.4. The van der Waals surface area contributed by atoms with Crippen molar-refractivity contribution in [1.82, 2.24) is 4.90 Å². The Balaban J connectivity index is 1.30. The summed E-state index contributed by atoms with van der Waals surface area (Å²) < 4.78 is 83.3. The van der Waals surface area contributed by atoms with Crippen LogP contribution in [0.1, 0.15) is 57.5 Å². The summed E-state index contributed by atoms with van der Waals surface area (Å²) in [6, 6.07) is 33.6. The minimum atomic E-state index is -2.36. The van der Waals surface area contributed by atoms with Crippen LogP contribution < -0.4 is 5.32 Å². The second kappa shape index (κ2) is 15.9. The second-order valence-electron chi connectivity index (χ2n) is 12.5. The van der Waals surface area contributed by atoms with E-state index in [2.05, 4.69) is 34.5 Å². The van der Waals surface area contributed by atoms with Crippen LogP contribution >= 0.6 is 0 Å². The van der Waals surface area contributed by atoms with Crippen LogP contribution in [-0.4, -0.2) is 28.6 Å². The van der Waals surface area contributed by atoms with E-state index < -0.39 is 53.0 Å². The fraction of sp³-hybridized carbons (Fsp3) is 0.225. The molecule has 0 spiro atoms. The molecule has 0 aromatic heterocycles. The van der Waals surface area contributed by atoms with Crippen molar-refractivity contribution in [3.63, 3.8) is 0 Å². The van der Waals surface area contributed by atoms with Crippen LogP contribution in [0.2, 0.25) is 0 Å². The number of carbonyl (C=O) groups is 1. The molecule has 6 nitrogen and oxygen atoms in total. The number of ether oxygens (including phenoxy) is 2. The van der Waals surface area contributed by atoms with Crippen molar-refractivity contribution in [2.45, 2.75) is 45.1 Å². The number of aliphatic hydroxyl groups is 1. The van der Waals surface area contributed by atoms with Gasteiger partial charge in [-0.15, -0.1) is 0 Å². The Morgan fingerprint density at radius 2 is 1.25 bits per heavy atom. The molecular formula is C40H35F5N2O4. The van der Waals surface area contributed by atoms with Gasteiger partial charge in [-0.2, -0.15) is 0 Å². The normalized spacial score (nSPS) is 18.9. The first-order valence-corrected chi connectivity index (χ1v) is 16.4. The molecule has 0 bridgehead atoms. The van der Waals surface area contributed by atoms with E-state index in [1.54, 1.807) is 12.1 Å². The number of rotatable bonds is 11. The Kier molecular flexibility index (Phi) is 11.2. The van der Waals surface area contributed by atoms with Crippen LogP contribution in [0.25, 0.3) is 0 Å². The Hall–Kier alpha value is -4.94. The molecule has 1 amide bonds. The van der Waals surface area contributed by atoms with Gasteiger partial charge < -0.3 is 19.9 Å². The summed E-state index contributed by atoms with van der Waals surface area (Å²) in [5.41, 5.74) is 2.70. The van der Waals surface area contributed by atoms with Gasteiger partial charge in [0.05, 0.1) is 18.8 Å². The van der Waals surface area contributed by atoms with Gasteiger partial charge in [0.2, 0.25) is 5.82 Å². The predicted molar refractivity (Wildman–Crippen MR) is 181 cm³/mol. The van der Waals surface area contributed by atoms with Gasteiger partial charge in [-0.1, -0.05) is 104 Å². The second-order valence-corrected chi connectivity index (χ2v) is 12.5. The average molecular weight is 703 g/mol. The molecule has 1 fully saturated rings. The van der Waals surface area contributed by atoms with Crippen molar-refractivity contribution in [2.75, 3.05) is 11.9 Å². The Bertz CT molecular complexity index is 1890. The van der Waals surface area contributed by atoms with E-state index in [-0.39, 0.29) is 24.3 Å². The van der Waals surface area contributed by atoms with Gasteiger partial charge in [-0.25, -0.2) is 22.0 Å². The molecule has 6 rings (SSSR count). The van der Waals surface area contributed by atoms with Crippen molar-refractivity contribution in [2.24, 2.45) is 5.92 Å². The van der Waals surface area contributed by atoms with Gasteiger partial charge in [-0.05, 0) is 34.4 Å². The molecule has 51 heavy (non-hydrogen) atoms. The van der Waals surface area contributed by atoms with Crippen molar-refractivity contribution in [3.05, 3.63) is 172 Å². The molecule has 11 heteroatoms. The molecule has 0 saturated carbocycles. The Morgan fingerprint density at radius 3 is 1.82 bits per heavy atom. The lowest BCUT2D eigenvalue weighted by atomic mass is 9.89. The Morgan fingerprint density at radius 1 is 0.686 bits per heavy atom. The quantitative estimate of drug-likeness (QED) is 0.0820. The standard InChI is InChI=1S/C40H35F5N2O4/c1-24-31(22-47(20-25-9-4-2-5-10-25)21-26-11-6-3-7-12-26)50-40(51-38(24)28-17-15-27(23-48)16-18-28)29-13-8-14-30(19-29)46-39(49)32-33(41)35(43)37(45)36(44)34(32)42/h2-19,24,31,38,40,48H,20-23H2,1H3,(H,46,49)/t24-,31+,38+,40+/m0/s1. The van der Waals surface area contributed by atoms with Gasteiger partial charge in [0.1, 0.15) is 5.56 Å². The third kappa shape index (κ3) is 8.18. The van der Waals surface area contributed by atoms with E-state index in [0.717, 1.165) is 22.3 Å². The predicted octanol–water partition coefficient (Wildman–Crippen LogP) is 8.62. The molecule has 4 atom stereocenters. The molecule has 1 saturated heterocycles. The topological polar surface area (TPSA) is 71.0 Å². The lowest BCUT2D eigenvalue weighted by Crippen LogP contribution is -2.44. The van der Waals surface area contributed by atoms with E-state index in [1.807, 2.05) is 67.6 Å². The van der Waals surface area contributed by atoms with Crippen molar-refractivity contribution >= 4 is 11.6 Å². The first-order valence-electron chi connectivity index (χ1n) is 16.4. The molecule has 0 radical (unpaired) electrons. The third-order valence-electron chi connectivity index (χ3n) is 8.91. The van der Waals surface area contributed by atoms with Gasteiger partial charge in [-0.3, -0.25) is 9.69 Å². The van der Waals surface area contributed by atoms with Crippen molar-refractivity contribution in [3.8, 4) is 0 Å². The van der Waals surface area contributed by atoms with Crippen molar-refractivity contribution in [1.29, 1.82) is 0 Å². The zero-order valence-corrected chi connectivity index (χ0v) is 27.5. The molecule has 1 heterocycles. The number of carbonyl (C=O) groups excluding carboxylic acids is 1. The lowest BCUT2D eigenvalue weighted by Gasteiger charge is -2.43. The van der Waals surface area contributed by atoms with Crippen LogP contribution in [0.4, 0.5) is 27.6 Å². The number of halogens is 5.